The molecule has 0 aliphatic carbocycles. The van der Waals surface area contributed by atoms with Crippen LogP contribution < -0.4 is 4.72 Å². The van der Waals surface area contributed by atoms with Gasteiger partial charge in [-0.15, -0.1) is 0 Å². The lowest BCUT2D eigenvalue weighted by Gasteiger charge is -2.17. The molecule has 0 aliphatic rings. The van der Waals surface area contributed by atoms with Crippen molar-refractivity contribution in [3.63, 3.8) is 0 Å². The number of hydrogen-bond donors (Lipinski definition) is 1. The normalized spacial score (nSPS) is 13.1. The molecular weight excluding hydrogens is 270 g/mol. The van der Waals surface area contributed by atoms with E-state index in [0.29, 0.717) is 0 Å². The third-order valence-electron chi connectivity index (χ3n) is 3.13. The zero-order chi connectivity index (χ0) is 14.4. The molecular formula is C16H19NO2S. The van der Waals surface area contributed by atoms with Crippen LogP contribution in [0.1, 0.15) is 30.5 Å². The zero-order valence-electron chi connectivity index (χ0n) is 11.5. The Morgan fingerprint density at radius 2 is 1.50 bits per heavy atom. The van der Waals surface area contributed by atoms with Gasteiger partial charge in [-0.2, -0.15) is 0 Å². The summed E-state index contributed by atoms with van der Waals surface area (Å²) in [4.78, 5) is 0. The highest BCUT2D eigenvalue weighted by atomic mass is 32.2. The lowest BCUT2D eigenvalue weighted by atomic mass is 10.1. The van der Waals surface area contributed by atoms with Crippen LogP contribution in [0.4, 0.5) is 0 Å². The quantitative estimate of drug-likeness (QED) is 0.887. The number of nitrogens with one attached hydrogen (secondary N) is 1. The molecule has 0 saturated carbocycles. The molecule has 2 aromatic carbocycles. The van der Waals surface area contributed by atoms with Crippen LogP contribution >= 0.6 is 0 Å². The van der Waals surface area contributed by atoms with Crippen LogP contribution in [-0.4, -0.2) is 8.42 Å². The van der Waals surface area contributed by atoms with Gasteiger partial charge in [0.15, 0.2) is 0 Å². The van der Waals surface area contributed by atoms with Crippen LogP contribution in [0.2, 0.25) is 0 Å². The molecule has 0 spiro atoms. The van der Waals surface area contributed by atoms with E-state index in [9.17, 15) is 8.42 Å². The summed E-state index contributed by atoms with van der Waals surface area (Å²) in [6.45, 7) is 1.97. The fourth-order valence-corrected chi connectivity index (χ4v) is 3.58. The van der Waals surface area contributed by atoms with Crippen LogP contribution in [-0.2, 0) is 15.8 Å². The minimum atomic E-state index is -3.34. The van der Waals surface area contributed by atoms with Crippen molar-refractivity contribution in [1.29, 1.82) is 0 Å². The van der Waals surface area contributed by atoms with Gasteiger partial charge in [-0.05, 0) is 17.5 Å². The van der Waals surface area contributed by atoms with E-state index in [1.807, 2.05) is 67.6 Å². The van der Waals surface area contributed by atoms with Gasteiger partial charge in [-0.1, -0.05) is 67.6 Å². The molecule has 4 heteroatoms. The lowest BCUT2D eigenvalue weighted by Crippen LogP contribution is -2.29. The van der Waals surface area contributed by atoms with Crippen molar-refractivity contribution in [3.05, 3.63) is 71.8 Å². The molecule has 0 radical (unpaired) electrons. The molecule has 2 rings (SSSR count). The molecule has 0 saturated heterocycles. The van der Waals surface area contributed by atoms with Gasteiger partial charge in [0.25, 0.3) is 0 Å². The maximum Gasteiger partial charge on any atom is 0.216 e. The summed E-state index contributed by atoms with van der Waals surface area (Å²) in [6, 6.07) is 18.7. The van der Waals surface area contributed by atoms with Crippen LogP contribution in [0.3, 0.4) is 0 Å². The van der Waals surface area contributed by atoms with Gasteiger partial charge < -0.3 is 0 Å². The average Bonchev–Trinajstić information content (AvgIpc) is 2.46. The van der Waals surface area contributed by atoms with Gasteiger partial charge in [-0.25, -0.2) is 13.1 Å². The number of hydrogen-bond acceptors (Lipinski definition) is 2. The van der Waals surface area contributed by atoms with Crippen LogP contribution in [0, 0.1) is 0 Å². The van der Waals surface area contributed by atoms with E-state index in [4.69, 9.17) is 0 Å². The Kier molecular flexibility index (Phi) is 4.93. The predicted octanol–water partition coefficient (Wildman–Crippen LogP) is 3.26. The Hall–Kier alpha value is -1.65. The Bertz CT molecular complexity index is 624. The first-order valence-corrected chi connectivity index (χ1v) is 8.35. The van der Waals surface area contributed by atoms with Gasteiger partial charge in [0, 0.05) is 6.04 Å². The molecule has 0 aliphatic heterocycles. The first kappa shape index (κ1) is 14.8. The summed E-state index contributed by atoms with van der Waals surface area (Å²) in [6.07, 6.45) is 0.720. The number of sulfonamides is 1. The smallest absolute Gasteiger partial charge is 0.212 e. The molecule has 0 bridgehead atoms. The predicted molar refractivity (Wildman–Crippen MR) is 81.7 cm³/mol. The highest BCUT2D eigenvalue weighted by molar-refractivity contribution is 7.88. The van der Waals surface area contributed by atoms with Crippen molar-refractivity contribution in [2.45, 2.75) is 25.1 Å². The third-order valence-corrected chi connectivity index (χ3v) is 4.49. The van der Waals surface area contributed by atoms with E-state index in [2.05, 4.69) is 4.72 Å². The Labute approximate surface area is 120 Å². The van der Waals surface area contributed by atoms with E-state index in [0.717, 1.165) is 17.5 Å². The first-order chi connectivity index (χ1) is 9.61. The second kappa shape index (κ2) is 6.68. The lowest BCUT2D eigenvalue weighted by molar-refractivity contribution is 0.549. The summed E-state index contributed by atoms with van der Waals surface area (Å²) in [5, 5.41) is 0. The van der Waals surface area contributed by atoms with Crippen molar-refractivity contribution in [2.75, 3.05) is 0 Å². The standard InChI is InChI=1S/C16H19NO2S/c1-2-16(15-11-7-4-8-12-15)17-20(18,19)13-14-9-5-3-6-10-14/h3-12,16-17H,2,13H2,1H3. The van der Waals surface area contributed by atoms with Crippen molar-refractivity contribution in [3.8, 4) is 0 Å². The van der Waals surface area contributed by atoms with Gasteiger partial charge in [0.2, 0.25) is 10.0 Å². The zero-order valence-corrected chi connectivity index (χ0v) is 12.3. The summed E-state index contributed by atoms with van der Waals surface area (Å²) >= 11 is 0. The molecule has 20 heavy (non-hydrogen) atoms. The van der Waals surface area contributed by atoms with Crippen LogP contribution in [0.25, 0.3) is 0 Å². The molecule has 106 valence electrons. The summed E-state index contributed by atoms with van der Waals surface area (Å²) in [5.41, 5.74) is 1.79. The van der Waals surface area contributed by atoms with Crippen molar-refractivity contribution in [2.24, 2.45) is 0 Å². The molecule has 0 fully saturated rings. The van der Waals surface area contributed by atoms with Crippen molar-refractivity contribution < 1.29 is 8.42 Å². The first-order valence-electron chi connectivity index (χ1n) is 6.69. The summed E-state index contributed by atoms with van der Waals surface area (Å²) in [7, 11) is -3.34. The molecule has 1 atom stereocenters. The van der Waals surface area contributed by atoms with Gasteiger partial charge in [0.05, 0.1) is 5.75 Å². The van der Waals surface area contributed by atoms with Gasteiger partial charge in [0.1, 0.15) is 0 Å². The van der Waals surface area contributed by atoms with Crippen LogP contribution in [0.5, 0.6) is 0 Å². The van der Waals surface area contributed by atoms with E-state index < -0.39 is 10.0 Å². The molecule has 0 amide bonds. The molecule has 3 nitrogen and oxygen atoms in total. The van der Waals surface area contributed by atoms with E-state index in [1.54, 1.807) is 0 Å². The van der Waals surface area contributed by atoms with E-state index >= 15 is 0 Å². The topological polar surface area (TPSA) is 46.2 Å². The molecule has 0 aromatic heterocycles. The van der Waals surface area contributed by atoms with Gasteiger partial charge >= 0.3 is 0 Å². The van der Waals surface area contributed by atoms with E-state index in [1.165, 1.54) is 0 Å². The Morgan fingerprint density at radius 1 is 0.950 bits per heavy atom. The second-order valence-electron chi connectivity index (χ2n) is 4.73. The summed E-state index contributed by atoms with van der Waals surface area (Å²) < 4.78 is 27.2. The van der Waals surface area contributed by atoms with E-state index in [-0.39, 0.29) is 11.8 Å². The molecule has 0 heterocycles. The van der Waals surface area contributed by atoms with Crippen molar-refractivity contribution >= 4 is 10.0 Å². The maximum absolute atomic E-state index is 12.2. The molecule has 2 aromatic rings. The van der Waals surface area contributed by atoms with Crippen LogP contribution in [0.15, 0.2) is 60.7 Å². The largest absolute Gasteiger partial charge is 0.216 e. The highest BCUT2D eigenvalue weighted by Gasteiger charge is 2.18. The molecule has 1 N–H and O–H groups in total. The second-order valence-corrected chi connectivity index (χ2v) is 6.49. The number of rotatable bonds is 6. The number of benzene rings is 2. The minimum absolute atomic E-state index is 0.0111. The average molecular weight is 289 g/mol. The Morgan fingerprint density at radius 3 is 2.05 bits per heavy atom. The fraction of sp³-hybridized carbons (Fsp3) is 0.250. The monoisotopic (exact) mass is 289 g/mol. The fourth-order valence-electron chi connectivity index (χ4n) is 2.12. The summed E-state index contributed by atoms with van der Waals surface area (Å²) in [5.74, 6) is 0.0111. The Balaban J connectivity index is 2.11. The maximum atomic E-state index is 12.2. The third kappa shape index (κ3) is 4.18. The van der Waals surface area contributed by atoms with Crippen molar-refractivity contribution in [1.82, 2.24) is 4.72 Å². The van der Waals surface area contributed by atoms with Gasteiger partial charge in [-0.3, -0.25) is 0 Å². The molecule has 1 unspecified atom stereocenters. The highest BCUT2D eigenvalue weighted by Crippen LogP contribution is 2.18. The minimum Gasteiger partial charge on any atom is -0.212 e. The SMILES string of the molecule is CCC(NS(=O)(=O)Cc1ccccc1)c1ccccc1.